The highest BCUT2D eigenvalue weighted by Crippen LogP contribution is 2.36. The van der Waals surface area contributed by atoms with Gasteiger partial charge in [-0.05, 0) is 15.4 Å². The van der Waals surface area contributed by atoms with Crippen LogP contribution in [-0.4, -0.2) is 61.1 Å². The molecule has 0 aliphatic heterocycles. The third kappa shape index (κ3) is 7.01. The summed E-state index contributed by atoms with van der Waals surface area (Å²) in [6.45, 7) is 11.2. The molecule has 0 radical (unpaired) electrons. The molecule has 0 bridgehead atoms. The van der Waals surface area contributed by atoms with Gasteiger partial charge in [0, 0.05) is 6.54 Å². The maximum atomic E-state index is 6.78. The van der Waals surface area contributed by atoms with Crippen LogP contribution in [0.3, 0.4) is 0 Å². The normalized spacial score (nSPS) is 12.3. The van der Waals surface area contributed by atoms with Crippen LogP contribution in [0.25, 0.3) is 0 Å². The average Bonchev–Trinajstić information content (AvgIpc) is 2.75. The first-order valence-electron chi connectivity index (χ1n) is 10.7. The Labute approximate surface area is 182 Å². The molecule has 0 aliphatic carbocycles. The second kappa shape index (κ2) is 13.0. The first-order valence-corrected chi connectivity index (χ1v) is 12.6. The SMILES string of the molecule is CC(C)(C)[Si](OCCOCCOCCOCCN)(c1ccccc1)c1ccccc1. The second-order valence-electron chi connectivity index (χ2n) is 8.14. The van der Waals surface area contributed by atoms with E-state index in [1.807, 2.05) is 0 Å². The number of ether oxygens (including phenoxy) is 3. The van der Waals surface area contributed by atoms with Crippen molar-refractivity contribution in [3.8, 4) is 0 Å². The molecule has 0 saturated heterocycles. The van der Waals surface area contributed by atoms with Crippen molar-refractivity contribution in [1.29, 1.82) is 0 Å². The summed E-state index contributed by atoms with van der Waals surface area (Å²) >= 11 is 0. The van der Waals surface area contributed by atoms with Crippen molar-refractivity contribution in [2.45, 2.75) is 25.8 Å². The molecule has 166 valence electrons. The number of nitrogens with two attached hydrogens (primary N) is 1. The van der Waals surface area contributed by atoms with Gasteiger partial charge in [-0.25, -0.2) is 0 Å². The number of hydrogen-bond donors (Lipinski definition) is 1. The van der Waals surface area contributed by atoms with Gasteiger partial charge in [-0.1, -0.05) is 81.4 Å². The predicted octanol–water partition coefficient (Wildman–Crippen LogP) is 2.57. The first kappa shape index (κ1) is 24.7. The number of hydrogen-bond acceptors (Lipinski definition) is 5. The fourth-order valence-electron chi connectivity index (χ4n) is 3.64. The van der Waals surface area contributed by atoms with Crippen molar-refractivity contribution >= 4 is 18.7 Å². The molecule has 2 aromatic rings. The molecule has 0 unspecified atom stereocenters. The zero-order chi connectivity index (χ0) is 21.7. The maximum Gasteiger partial charge on any atom is 0.261 e. The summed E-state index contributed by atoms with van der Waals surface area (Å²) < 4.78 is 23.3. The Morgan fingerprint density at radius 3 is 1.43 bits per heavy atom. The van der Waals surface area contributed by atoms with E-state index in [1.165, 1.54) is 10.4 Å². The van der Waals surface area contributed by atoms with E-state index in [0.717, 1.165) is 0 Å². The van der Waals surface area contributed by atoms with Crippen molar-refractivity contribution in [2.24, 2.45) is 5.73 Å². The van der Waals surface area contributed by atoms with Crippen LogP contribution in [0.2, 0.25) is 5.04 Å². The first-order chi connectivity index (χ1) is 14.5. The Bertz CT molecular complexity index is 652. The molecule has 0 aliphatic rings. The fourth-order valence-corrected chi connectivity index (χ4v) is 8.19. The Morgan fingerprint density at radius 1 is 0.633 bits per heavy atom. The van der Waals surface area contributed by atoms with Crippen LogP contribution in [0.4, 0.5) is 0 Å². The van der Waals surface area contributed by atoms with Crippen molar-refractivity contribution in [2.75, 3.05) is 52.8 Å². The van der Waals surface area contributed by atoms with Gasteiger partial charge in [-0.2, -0.15) is 0 Å². The molecule has 6 heteroatoms. The van der Waals surface area contributed by atoms with Crippen LogP contribution in [0, 0.1) is 0 Å². The fraction of sp³-hybridized carbons (Fsp3) is 0.500. The summed E-state index contributed by atoms with van der Waals surface area (Å²) in [6, 6.07) is 21.3. The Morgan fingerprint density at radius 2 is 1.03 bits per heavy atom. The molecule has 0 amide bonds. The van der Waals surface area contributed by atoms with Crippen LogP contribution < -0.4 is 16.1 Å². The minimum Gasteiger partial charge on any atom is -0.405 e. The van der Waals surface area contributed by atoms with Crippen molar-refractivity contribution < 1.29 is 18.6 Å². The molecule has 0 heterocycles. The van der Waals surface area contributed by atoms with Gasteiger partial charge >= 0.3 is 0 Å². The van der Waals surface area contributed by atoms with Crippen LogP contribution >= 0.6 is 0 Å². The van der Waals surface area contributed by atoms with Crippen LogP contribution in [0.5, 0.6) is 0 Å². The van der Waals surface area contributed by atoms with Crippen LogP contribution in [0.15, 0.2) is 60.7 Å². The average molecular weight is 432 g/mol. The van der Waals surface area contributed by atoms with Gasteiger partial charge < -0.3 is 24.4 Å². The molecule has 2 aromatic carbocycles. The smallest absolute Gasteiger partial charge is 0.261 e. The lowest BCUT2D eigenvalue weighted by molar-refractivity contribution is 0.00997. The highest BCUT2D eigenvalue weighted by molar-refractivity contribution is 6.99. The third-order valence-electron chi connectivity index (χ3n) is 4.97. The lowest BCUT2D eigenvalue weighted by Crippen LogP contribution is -2.66. The third-order valence-corrected chi connectivity index (χ3v) is 10.0. The van der Waals surface area contributed by atoms with E-state index in [0.29, 0.717) is 52.8 Å². The number of benzene rings is 2. The molecule has 0 aromatic heterocycles. The molecule has 0 saturated carbocycles. The van der Waals surface area contributed by atoms with Gasteiger partial charge in [0.15, 0.2) is 0 Å². The van der Waals surface area contributed by atoms with Crippen molar-refractivity contribution in [3.05, 3.63) is 60.7 Å². The van der Waals surface area contributed by atoms with Crippen molar-refractivity contribution in [3.63, 3.8) is 0 Å². The molecule has 0 spiro atoms. The van der Waals surface area contributed by atoms with E-state index in [4.69, 9.17) is 24.4 Å². The summed E-state index contributed by atoms with van der Waals surface area (Å²) in [5, 5.41) is 2.54. The van der Waals surface area contributed by atoms with Gasteiger partial charge in [-0.15, -0.1) is 0 Å². The quantitative estimate of drug-likeness (QED) is 0.368. The summed E-state index contributed by atoms with van der Waals surface area (Å²) in [4.78, 5) is 0. The maximum absolute atomic E-state index is 6.78. The summed E-state index contributed by atoms with van der Waals surface area (Å²) in [6.07, 6.45) is 0. The molecule has 0 fully saturated rings. The van der Waals surface area contributed by atoms with Gasteiger partial charge in [0.2, 0.25) is 0 Å². The van der Waals surface area contributed by atoms with Gasteiger partial charge in [0.1, 0.15) is 0 Å². The Hall–Kier alpha value is -1.54. The topological polar surface area (TPSA) is 62.9 Å². The van der Waals surface area contributed by atoms with E-state index >= 15 is 0 Å². The van der Waals surface area contributed by atoms with Crippen LogP contribution in [0.1, 0.15) is 20.8 Å². The van der Waals surface area contributed by atoms with Gasteiger partial charge in [0.05, 0.1) is 46.2 Å². The number of rotatable bonds is 14. The monoisotopic (exact) mass is 431 g/mol. The minimum atomic E-state index is -2.48. The van der Waals surface area contributed by atoms with Gasteiger partial charge in [-0.3, -0.25) is 0 Å². The lowest BCUT2D eigenvalue weighted by Gasteiger charge is -2.43. The standard InChI is InChI=1S/C24H37NO4Si/c1-24(2,3)30(22-10-6-4-7-11-22,23-12-8-5-9-13-23)29-21-20-28-19-18-27-17-16-26-15-14-25/h4-13H,14-21,25H2,1-3H3. The van der Waals surface area contributed by atoms with Crippen molar-refractivity contribution in [1.82, 2.24) is 0 Å². The van der Waals surface area contributed by atoms with Gasteiger partial charge in [0.25, 0.3) is 8.32 Å². The molecule has 30 heavy (non-hydrogen) atoms. The summed E-state index contributed by atoms with van der Waals surface area (Å²) in [5.74, 6) is 0. The summed E-state index contributed by atoms with van der Waals surface area (Å²) in [5.41, 5.74) is 5.37. The molecular formula is C24H37NO4Si. The van der Waals surface area contributed by atoms with E-state index in [-0.39, 0.29) is 5.04 Å². The zero-order valence-electron chi connectivity index (χ0n) is 18.6. The largest absolute Gasteiger partial charge is 0.405 e. The zero-order valence-corrected chi connectivity index (χ0v) is 19.6. The summed E-state index contributed by atoms with van der Waals surface area (Å²) in [7, 11) is -2.48. The minimum absolute atomic E-state index is 0.0254. The van der Waals surface area contributed by atoms with Crippen LogP contribution in [-0.2, 0) is 18.6 Å². The second-order valence-corrected chi connectivity index (χ2v) is 12.4. The van der Waals surface area contributed by atoms with E-state index in [9.17, 15) is 0 Å². The molecular weight excluding hydrogens is 394 g/mol. The molecule has 2 rings (SSSR count). The molecule has 5 nitrogen and oxygen atoms in total. The molecule has 0 atom stereocenters. The van der Waals surface area contributed by atoms with E-state index in [2.05, 4.69) is 81.4 Å². The lowest BCUT2D eigenvalue weighted by atomic mass is 10.2. The Balaban J connectivity index is 1.94. The Kier molecular flexibility index (Phi) is 10.7. The molecule has 2 N–H and O–H groups in total. The van der Waals surface area contributed by atoms with E-state index in [1.54, 1.807) is 0 Å². The van der Waals surface area contributed by atoms with E-state index < -0.39 is 8.32 Å². The predicted molar refractivity (Wildman–Crippen MR) is 125 cm³/mol. The highest BCUT2D eigenvalue weighted by Gasteiger charge is 2.49. The highest BCUT2D eigenvalue weighted by atomic mass is 28.4.